The Morgan fingerprint density at radius 1 is 1.30 bits per heavy atom. The van der Waals surface area contributed by atoms with E-state index in [1.165, 1.54) is 0 Å². The monoisotopic (exact) mass is 296 g/mol. The minimum absolute atomic E-state index is 0.223. The molecule has 0 saturated carbocycles. The SMILES string of the molecule is C=C(C)CN=C(N)NCCNS(=O)(=O)c1ccccc1. The van der Waals surface area contributed by atoms with E-state index in [4.69, 9.17) is 5.73 Å². The first kappa shape index (κ1) is 16.2. The lowest BCUT2D eigenvalue weighted by atomic mass is 10.4. The summed E-state index contributed by atoms with van der Waals surface area (Å²) in [5, 5.41) is 2.82. The van der Waals surface area contributed by atoms with Crippen molar-refractivity contribution in [3.05, 3.63) is 42.5 Å². The summed E-state index contributed by atoms with van der Waals surface area (Å²) in [6.07, 6.45) is 0. The molecule has 0 aliphatic carbocycles. The number of hydrogen-bond donors (Lipinski definition) is 3. The van der Waals surface area contributed by atoms with Gasteiger partial charge in [0, 0.05) is 13.1 Å². The molecule has 1 aromatic carbocycles. The topological polar surface area (TPSA) is 96.6 Å². The number of nitrogens with one attached hydrogen (secondary N) is 2. The van der Waals surface area contributed by atoms with Crippen molar-refractivity contribution >= 4 is 16.0 Å². The largest absolute Gasteiger partial charge is 0.370 e. The number of nitrogens with two attached hydrogens (primary N) is 1. The molecule has 0 aromatic heterocycles. The van der Waals surface area contributed by atoms with Gasteiger partial charge in [0.15, 0.2) is 5.96 Å². The lowest BCUT2D eigenvalue weighted by Gasteiger charge is -2.08. The first-order chi connectivity index (χ1) is 9.42. The highest BCUT2D eigenvalue weighted by Crippen LogP contribution is 2.06. The van der Waals surface area contributed by atoms with Crippen molar-refractivity contribution < 1.29 is 8.42 Å². The molecule has 0 aliphatic rings. The molecule has 0 fully saturated rings. The quantitative estimate of drug-likeness (QED) is 0.294. The molecule has 0 atom stereocenters. The Bertz CT molecular complexity index is 567. The van der Waals surface area contributed by atoms with Crippen LogP contribution < -0.4 is 15.8 Å². The highest BCUT2D eigenvalue weighted by molar-refractivity contribution is 7.89. The summed E-state index contributed by atoms with van der Waals surface area (Å²) in [4.78, 5) is 4.26. The predicted molar refractivity (Wildman–Crippen MR) is 80.9 cm³/mol. The van der Waals surface area contributed by atoms with Gasteiger partial charge in [0.05, 0.1) is 11.4 Å². The summed E-state index contributed by atoms with van der Waals surface area (Å²) in [5.74, 6) is 0.270. The van der Waals surface area contributed by atoms with E-state index in [1.807, 2.05) is 6.92 Å². The first-order valence-electron chi connectivity index (χ1n) is 6.14. The second-order valence-corrected chi connectivity index (χ2v) is 6.06. The van der Waals surface area contributed by atoms with Gasteiger partial charge in [-0.3, -0.25) is 0 Å². The van der Waals surface area contributed by atoms with Gasteiger partial charge in [0.1, 0.15) is 0 Å². The van der Waals surface area contributed by atoms with Crippen molar-refractivity contribution in [2.75, 3.05) is 19.6 Å². The van der Waals surface area contributed by atoms with Gasteiger partial charge in [-0.15, -0.1) is 0 Å². The van der Waals surface area contributed by atoms with Crippen LogP contribution in [-0.4, -0.2) is 34.0 Å². The van der Waals surface area contributed by atoms with Crippen LogP contribution in [0.5, 0.6) is 0 Å². The van der Waals surface area contributed by atoms with Crippen LogP contribution in [0.1, 0.15) is 6.92 Å². The summed E-state index contributed by atoms with van der Waals surface area (Å²) < 4.78 is 26.2. The maximum absolute atomic E-state index is 11.9. The van der Waals surface area contributed by atoms with E-state index >= 15 is 0 Å². The average molecular weight is 296 g/mol. The van der Waals surface area contributed by atoms with Crippen LogP contribution in [0, 0.1) is 0 Å². The Morgan fingerprint density at radius 2 is 1.95 bits per heavy atom. The molecule has 20 heavy (non-hydrogen) atoms. The Labute approximate surface area is 119 Å². The van der Waals surface area contributed by atoms with Crippen molar-refractivity contribution in [1.29, 1.82) is 0 Å². The highest BCUT2D eigenvalue weighted by atomic mass is 32.2. The third-order valence-electron chi connectivity index (χ3n) is 2.30. The molecule has 0 bridgehead atoms. The van der Waals surface area contributed by atoms with Crippen LogP contribution in [-0.2, 0) is 10.0 Å². The molecule has 7 heteroatoms. The van der Waals surface area contributed by atoms with E-state index in [-0.39, 0.29) is 17.4 Å². The maximum atomic E-state index is 11.9. The van der Waals surface area contributed by atoms with Crippen molar-refractivity contribution in [2.24, 2.45) is 10.7 Å². The zero-order chi connectivity index (χ0) is 15.0. The molecule has 0 aliphatic heterocycles. The van der Waals surface area contributed by atoms with Crippen LogP contribution in [0.2, 0.25) is 0 Å². The zero-order valence-corrected chi connectivity index (χ0v) is 12.3. The highest BCUT2D eigenvalue weighted by Gasteiger charge is 2.11. The Morgan fingerprint density at radius 3 is 2.55 bits per heavy atom. The number of aliphatic imine (C=N–C) groups is 1. The molecular formula is C13H20N4O2S. The molecule has 0 heterocycles. The normalized spacial score (nSPS) is 12.2. The van der Waals surface area contributed by atoms with Gasteiger partial charge in [0.2, 0.25) is 10.0 Å². The smallest absolute Gasteiger partial charge is 0.240 e. The van der Waals surface area contributed by atoms with E-state index < -0.39 is 10.0 Å². The summed E-state index contributed by atoms with van der Waals surface area (Å²) in [6, 6.07) is 8.19. The molecule has 0 radical (unpaired) electrons. The summed E-state index contributed by atoms with van der Waals surface area (Å²) >= 11 is 0. The molecule has 1 rings (SSSR count). The third kappa shape index (κ3) is 5.85. The lowest BCUT2D eigenvalue weighted by molar-refractivity contribution is 0.581. The van der Waals surface area contributed by atoms with Crippen LogP contribution in [0.4, 0.5) is 0 Å². The summed E-state index contributed by atoms with van der Waals surface area (Å²) in [5.41, 5.74) is 6.51. The lowest BCUT2D eigenvalue weighted by Crippen LogP contribution is -2.38. The molecule has 4 N–H and O–H groups in total. The van der Waals surface area contributed by atoms with Gasteiger partial charge in [-0.2, -0.15) is 0 Å². The van der Waals surface area contributed by atoms with Gasteiger partial charge in [-0.05, 0) is 19.1 Å². The van der Waals surface area contributed by atoms with E-state index in [9.17, 15) is 8.42 Å². The van der Waals surface area contributed by atoms with E-state index in [0.29, 0.717) is 13.1 Å². The van der Waals surface area contributed by atoms with E-state index in [0.717, 1.165) is 5.57 Å². The fraction of sp³-hybridized carbons (Fsp3) is 0.308. The molecule has 1 aromatic rings. The van der Waals surface area contributed by atoms with Gasteiger partial charge >= 0.3 is 0 Å². The van der Waals surface area contributed by atoms with Crippen LogP contribution in [0.15, 0.2) is 52.4 Å². The Hall–Kier alpha value is -1.86. The van der Waals surface area contributed by atoms with Crippen molar-refractivity contribution in [3.8, 4) is 0 Å². The van der Waals surface area contributed by atoms with E-state index in [1.54, 1.807) is 30.3 Å². The predicted octanol–water partition coefficient (Wildman–Crippen LogP) is 0.445. The average Bonchev–Trinajstić information content (AvgIpc) is 2.42. The molecule has 110 valence electrons. The molecule has 0 unspecified atom stereocenters. The van der Waals surface area contributed by atoms with Gasteiger partial charge < -0.3 is 11.1 Å². The number of hydrogen-bond acceptors (Lipinski definition) is 3. The molecular weight excluding hydrogens is 276 g/mol. The Balaban J connectivity index is 2.38. The molecule has 0 saturated heterocycles. The Kier molecular flexibility index (Phi) is 6.20. The maximum Gasteiger partial charge on any atom is 0.240 e. The fourth-order valence-corrected chi connectivity index (χ4v) is 2.39. The van der Waals surface area contributed by atoms with Gasteiger partial charge in [-0.1, -0.05) is 30.4 Å². The van der Waals surface area contributed by atoms with Crippen LogP contribution in [0.25, 0.3) is 0 Å². The zero-order valence-electron chi connectivity index (χ0n) is 11.5. The first-order valence-corrected chi connectivity index (χ1v) is 7.63. The summed E-state index contributed by atoms with van der Waals surface area (Å²) in [7, 11) is -3.47. The second kappa shape index (κ2) is 7.66. The third-order valence-corrected chi connectivity index (χ3v) is 3.77. The second-order valence-electron chi connectivity index (χ2n) is 4.30. The summed E-state index contributed by atoms with van der Waals surface area (Å²) in [6.45, 7) is 6.59. The number of benzene rings is 1. The van der Waals surface area contributed by atoms with Crippen LogP contribution >= 0.6 is 0 Å². The standard InChI is InChI=1S/C13H20N4O2S/c1-11(2)10-16-13(14)15-8-9-17-20(18,19)12-6-4-3-5-7-12/h3-7,17H,1,8-10H2,2H3,(H3,14,15,16). The minimum atomic E-state index is -3.47. The molecule has 0 amide bonds. The molecule has 6 nitrogen and oxygen atoms in total. The number of guanidine groups is 1. The van der Waals surface area contributed by atoms with Crippen molar-refractivity contribution in [3.63, 3.8) is 0 Å². The van der Waals surface area contributed by atoms with Gasteiger partial charge in [0.25, 0.3) is 0 Å². The van der Waals surface area contributed by atoms with E-state index in [2.05, 4.69) is 21.6 Å². The van der Waals surface area contributed by atoms with Crippen molar-refractivity contribution in [2.45, 2.75) is 11.8 Å². The number of sulfonamides is 1. The van der Waals surface area contributed by atoms with Crippen LogP contribution in [0.3, 0.4) is 0 Å². The minimum Gasteiger partial charge on any atom is -0.370 e. The molecule has 0 spiro atoms. The number of nitrogens with zero attached hydrogens (tertiary/aromatic N) is 1. The van der Waals surface area contributed by atoms with Gasteiger partial charge in [-0.25, -0.2) is 18.1 Å². The fourth-order valence-electron chi connectivity index (χ4n) is 1.33. The number of rotatable bonds is 7. The van der Waals surface area contributed by atoms with Crippen molar-refractivity contribution in [1.82, 2.24) is 10.0 Å².